The zero-order valence-electron chi connectivity index (χ0n) is 16.0. The van der Waals surface area contributed by atoms with E-state index in [1.165, 1.54) is 0 Å². The van der Waals surface area contributed by atoms with Gasteiger partial charge in [-0.05, 0) is 47.3 Å². The van der Waals surface area contributed by atoms with Crippen LogP contribution in [0.5, 0.6) is 0 Å². The van der Waals surface area contributed by atoms with Crippen molar-refractivity contribution < 1.29 is 28.7 Å². The van der Waals surface area contributed by atoms with Crippen molar-refractivity contribution in [1.82, 2.24) is 0 Å². The van der Waals surface area contributed by atoms with Crippen molar-refractivity contribution in [2.45, 2.75) is 0 Å². The summed E-state index contributed by atoms with van der Waals surface area (Å²) < 4.78 is 10.0. The zero-order valence-corrected chi connectivity index (χ0v) is 16.0. The maximum absolute atomic E-state index is 12.3. The average Bonchev–Trinajstić information content (AvgIpc) is 3.20. The van der Waals surface area contributed by atoms with Crippen LogP contribution in [0.15, 0.2) is 48.6 Å². The first-order valence-corrected chi connectivity index (χ1v) is 10.8. The fourth-order valence-corrected chi connectivity index (χ4v) is 7.67. The summed E-state index contributed by atoms with van der Waals surface area (Å²) in [6.07, 6.45) is 17.1. The van der Waals surface area contributed by atoms with Crippen LogP contribution in [0.2, 0.25) is 0 Å². The van der Waals surface area contributed by atoms with Crippen LogP contribution in [0.1, 0.15) is 0 Å². The molecule has 2 saturated carbocycles. The summed E-state index contributed by atoms with van der Waals surface area (Å²) in [6, 6.07) is 0. The quantitative estimate of drug-likeness (QED) is 0.348. The fraction of sp³-hybridized carbons (Fsp3) is 0.500. The molecule has 0 spiro atoms. The first kappa shape index (κ1) is 17.0. The molecule has 2 aliphatic heterocycles. The van der Waals surface area contributed by atoms with Gasteiger partial charge in [-0.1, -0.05) is 48.6 Å². The maximum atomic E-state index is 12.3. The van der Waals surface area contributed by atoms with Crippen molar-refractivity contribution >= 4 is 23.9 Å². The van der Waals surface area contributed by atoms with Gasteiger partial charge < -0.3 is 9.47 Å². The van der Waals surface area contributed by atoms with Crippen LogP contribution in [-0.4, -0.2) is 23.9 Å². The van der Waals surface area contributed by atoms with Gasteiger partial charge in [0.05, 0.1) is 23.7 Å². The van der Waals surface area contributed by atoms with Gasteiger partial charge in [0.2, 0.25) is 0 Å². The minimum absolute atomic E-state index is 0.0523. The number of carbonyl (C=O) groups is 4. The first-order valence-electron chi connectivity index (χ1n) is 10.8. The van der Waals surface area contributed by atoms with Crippen molar-refractivity contribution in [2.24, 2.45) is 71.0 Å². The summed E-state index contributed by atoms with van der Waals surface area (Å²) in [4.78, 5) is 49.4. The molecule has 6 heteroatoms. The number of cyclic esters (lactones) is 4. The number of rotatable bonds is 0. The van der Waals surface area contributed by atoms with E-state index in [9.17, 15) is 19.2 Å². The Labute approximate surface area is 172 Å². The number of hydrogen-bond acceptors (Lipinski definition) is 6. The number of allylic oxidation sites excluding steroid dienone is 8. The largest absolute Gasteiger partial charge is 0.393 e. The molecule has 0 aromatic rings. The molecule has 152 valence electrons. The molecule has 0 aromatic heterocycles. The second-order valence-corrected chi connectivity index (χ2v) is 9.74. The van der Waals surface area contributed by atoms with E-state index in [0.29, 0.717) is 0 Å². The Morgan fingerprint density at radius 3 is 0.800 bits per heavy atom. The highest BCUT2D eigenvalue weighted by Crippen LogP contribution is 2.59. The standard InChI is InChI=1S/C24H20O6/c25-21-17-13-5-6-15(19(17)23(27)29-21)11-3-4-12-10(2-1-9(11)13)14-7-8-16(12)20-18(14)22(26)30-24(20)28/h1-20H/t9-,10-,11+,12+,13-,14+,15-,16+,17+,18-,19+,20-. The second kappa shape index (κ2) is 5.48. The third kappa shape index (κ3) is 1.86. The van der Waals surface area contributed by atoms with E-state index < -0.39 is 47.5 Å². The molecule has 7 aliphatic carbocycles. The molecule has 2 saturated heterocycles. The minimum Gasteiger partial charge on any atom is -0.393 e. The summed E-state index contributed by atoms with van der Waals surface area (Å²) in [6.45, 7) is 0. The third-order valence-corrected chi connectivity index (χ3v) is 8.81. The second-order valence-electron chi connectivity index (χ2n) is 9.74. The van der Waals surface area contributed by atoms with Gasteiger partial charge in [-0.2, -0.15) is 0 Å². The molecule has 4 fully saturated rings. The molecule has 0 unspecified atom stereocenters. The average molecular weight is 404 g/mol. The monoisotopic (exact) mass is 404 g/mol. The van der Waals surface area contributed by atoms with E-state index in [4.69, 9.17) is 9.47 Å². The van der Waals surface area contributed by atoms with Gasteiger partial charge in [0.25, 0.3) is 0 Å². The summed E-state index contributed by atoms with van der Waals surface area (Å²) in [5.74, 6) is -2.87. The lowest BCUT2D eigenvalue weighted by molar-refractivity contribution is -0.155. The molecule has 6 nitrogen and oxygen atoms in total. The van der Waals surface area contributed by atoms with Crippen LogP contribution in [-0.2, 0) is 28.7 Å². The smallest absolute Gasteiger partial charge is 0.318 e. The molecule has 4 bridgehead atoms. The van der Waals surface area contributed by atoms with Crippen molar-refractivity contribution in [3.05, 3.63) is 48.6 Å². The maximum Gasteiger partial charge on any atom is 0.318 e. The van der Waals surface area contributed by atoms with E-state index >= 15 is 0 Å². The Hall–Kier alpha value is -2.76. The normalized spacial score (nSPS) is 53.6. The van der Waals surface area contributed by atoms with Crippen LogP contribution in [0, 0.1) is 71.0 Å². The van der Waals surface area contributed by atoms with Crippen LogP contribution in [0.25, 0.3) is 0 Å². The number of esters is 4. The Bertz CT molecular complexity index is 874. The van der Waals surface area contributed by atoms with Crippen LogP contribution in [0.4, 0.5) is 0 Å². The van der Waals surface area contributed by atoms with Gasteiger partial charge in [-0.25, -0.2) is 0 Å². The molecule has 12 atom stereocenters. The third-order valence-electron chi connectivity index (χ3n) is 8.81. The highest BCUT2D eigenvalue weighted by molar-refractivity contribution is 5.98. The molecule has 9 aliphatic rings. The predicted octanol–water partition coefficient (Wildman–Crippen LogP) is 1.84. The molecule has 0 N–H and O–H groups in total. The van der Waals surface area contributed by atoms with E-state index in [-0.39, 0.29) is 47.3 Å². The van der Waals surface area contributed by atoms with Crippen molar-refractivity contribution in [2.75, 3.05) is 0 Å². The predicted molar refractivity (Wildman–Crippen MR) is 101 cm³/mol. The topological polar surface area (TPSA) is 86.7 Å². The Kier molecular flexibility index (Phi) is 3.10. The van der Waals surface area contributed by atoms with Crippen LogP contribution >= 0.6 is 0 Å². The van der Waals surface area contributed by atoms with Gasteiger partial charge in [0.1, 0.15) is 0 Å². The van der Waals surface area contributed by atoms with Gasteiger partial charge in [-0.15, -0.1) is 0 Å². The minimum atomic E-state index is -0.394. The lowest BCUT2D eigenvalue weighted by Gasteiger charge is -2.51. The summed E-state index contributed by atoms with van der Waals surface area (Å²) in [7, 11) is 0. The van der Waals surface area contributed by atoms with E-state index in [1.54, 1.807) is 0 Å². The first-order chi connectivity index (χ1) is 14.5. The van der Waals surface area contributed by atoms with E-state index in [2.05, 4.69) is 48.6 Å². The summed E-state index contributed by atoms with van der Waals surface area (Å²) >= 11 is 0. The van der Waals surface area contributed by atoms with E-state index in [1.807, 2.05) is 0 Å². The van der Waals surface area contributed by atoms with Gasteiger partial charge >= 0.3 is 23.9 Å². The molecule has 0 amide bonds. The van der Waals surface area contributed by atoms with Gasteiger partial charge in [-0.3, -0.25) is 19.2 Å². The van der Waals surface area contributed by atoms with Crippen LogP contribution in [0.3, 0.4) is 0 Å². The molecule has 30 heavy (non-hydrogen) atoms. The summed E-state index contributed by atoms with van der Waals surface area (Å²) in [5.41, 5.74) is 0. The molecule has 2 heterocycles. The highest BCUT2D eigenvalue weighted by Gasteiger charge is 2.63. The lowest BCUT2D eigenvalue weighted by atomic mass is 9.50. The number of carbonyl (C=O) groups excluding carboxylic acids is 4. The molecule has 0 radical (unpaired) electrons. The molecular formula is C24H20O6. The van der Waals surface area contributed by atoms with Crippen molar-refractivity contribution in [3.63, 3.8) is 0 Å². The molecule has 9 rings (SSSR count). The van der Waals surface area contributed by atoms with Crippen molar-refractivity contribution in [3.8, 4) is 0 Å². The Morgan fingerprint density at radius 1 is 0.367 bits per heavy atom. The highest BCUT2D eigenvalue weighted by atomic mass is 16.6. The van der Waals surface area contributed by atoms with Crippen LogP contribution < -0.4 is 0 Å². The lowest BCUT2D eigenvalue weighted by Crippen LogP contribution is -2.50. The van der Waals surface area contributed by atoms with Gasteiger partial charge in [0.15, 0.2) is 0 Å². The van der Waals surface area contributed by atoms with Gasteiger partial charge in [0, 0.05) is 0 Å². The Balaban J connectivity index is 1.30. The SMILES string of the molecule is O=C1OC(=O)[C@@H]2[C@H]3C=C[C@@H]([C@@H]4C=C[C@@H]5[C@H](C=C[C@@H]43)[C@H]3C=C[C@H]5[C@@H]4C(=O)OC(=O)[C@@H]34)[C@@H]12. The number of hydrogen-bond donors (Lipinski definition) is 0. The van der Waals surface area contributed by atoms with Crippen molar-refractivity contribution in [1.29, 1.82) is 0 Å². The van der Waals surface area contributed by atoms with E-state index in [0.717, 1.165) is 0 Å². The Morgan fingerprint density at radius 2 is 0.567 bits per heavy atom. The zero-order chi connectivity index (χ0) is 20.3. The molecule has 0 aromatic carbocycles. The number of ether oxygens (including phenoxy) is 2. The molecular weight excluding hydrogens is 384 g/mol. The summed E-state index contributed by atoms with van der Waals surface area (Å²) in [5, 5.41) is 0. The fourth-order valence-electron chi connectivity index (χ4n) is 7.67.